The Morgan fingerprint density at radius 3 is 2.14 bits per heavy atom. The Kier molecular flexibility index (Phi) is 10.3. The highest BCUT2D eigenvalue weighted by molar-refractivity contribution is 5.91. The van der Waals surface area contributed by atoms with Crippen molar-refractivity contribution >= 4 is 29.6 Å². The summed E-state index contributed by atoms with van der Waals surface area (Å²) in [5.41, 5.74) is 0.702. The van der Waals surface area contributed by atoms with E-state index in [-0.39, 0.29) is 35.1 Å². The number of carboxylic acid groups (broad SMARTS) is 1. The third-order valence-electron chi connectivity index (χ3n) is 7.07. The third-order valence-corrected chi connectivity index (χ3v) is 7.07. The van der Waals surface area contributed by atoms with Crippen LogP contribution in [0.15, 0.2) is 89.6 Å². The molecule has 0 saturated carbocycles. The van der Waals surface area contributed by atoms with Gasteiger partial charge in [0.1, 0.15) is 23.3 Å². The van der Waals surface area contributed by atoms with Crippen LogP contribution in [0.5, 0.6) is 0 Å². The van der Waals surface area contributed by atoms with Gasteiger partial charge in [0.2, 0.25) is 5.82 Å². The first kappa shape index (κ1) is 36.0. The Hall–Kier alpha value is -6.32. The summed E-state index contributed by atoms with van der Waals surface area (Å²) in [4.78, 5) is 44.8. The van der Waals surface area contributed by atoms with Gasteiger partial charge in [0.15, 0.2) is 0 Å². The molecule has 0 radical (unpaired) electrons. The fourth-order valence-electron chi connectivity index (χ4n) is 4.67. The van der Waals surface area contributed by atoms with Gasteiger partial charge in [0.05, 0.1) is 11.1 Å². The predicted octanol–water partition coefficient (Wildman–Crippen LogP) is 7.79. The van der Waals surface area contributed by atoms with Gasteiger partial charge in [-0.1, -0.05) is 23.4 Å². The topological polar surface area (TPSA) is 169 Å². The van der Waals surface area contributed by atoms with Crippen LogP contribution < -0.4 is 16.0 Å². The minimum Gasteiger partial charge on any atom is -0.480 e. The number of hydrogen-bond acceptors (Lipinski definition) is 8. The number of amides is 3. The number of carbonyl (C=O) groups is 3. The number of rotatable bonds is 9. The molecule has 264 valence electrons. The lowest BCUT2D eigenvalue weighted by Gasteiger charge is -2.19. The average Bonchev–Trinajstić information content (AvgIpc) is 3.54. The number of aromatic nitrogens is 3. The van der Waals surface area contributed by atoms with E-state index >= 15 is 4.39 Å². The highest BCUT2D eigenvalue weighted by Crippen LogP contribution is 2.31. The molecule has 0 spiro atoms. The Labute approximate surface area is 287 Å². The zero-order valence-corrected chi connectivity index (χ0v) is 27.2. The first-order valence-corrected chi connectivity index (χ1v) is 15.2. The number of nitrogens with one attached hydrogen (secondary N) is 3. The maximum atomic E-state index is 15.2. The van der Waals surface area contributed by atoms with Gasteiger partial charge in [-0.2, -0.15) is 18.2 Å². The molecule has 4 N–H and O–H groups in total. The number of urea groups is 1. The number of halogens is 4. The van der Waals surface area contributed by atoms with Gasteiger partial charge < -0.3 is 19.7 Å². The van der Waals surface area contributed by atoms with E-state index in [1.54, 1.807) is 45.0 Å². The van der Waals surface area contributed by atoms with Crippen LogP contribution in [0.3, 0.4) is 0 Å². The molecule has 0 aliphatic heterocycles. The number of nitrogens with zero attached hydrogens (tertiary/aromatic N) is 3. The van der Waals surface area contributed by atoms with E-state index in [1.807, 2.05) is 0 Å². The Morgan fingerprint density at radius 1 is 0.882 bits per heavy atom. The number of hydrogen-bond donors (Lipinski definition) is 4. The van der Waals surface area contributed by atoms with E-state index in [4.69, 9.17) is 9.26 Å². The lowest BCUT2D eigenvalue weighted by atomic mass is 10.0. The molecule has 2 aromatic heterocycles. The van der Waals surface area contributed by atoms with Gasteiger partial charge in [-0.25, -0.2) is 23.8 Å². The zero-order valence-electron chi connectivity index (χ0n) is 27.2. The Morgan fingerprint density at radius 2 is 1.55 bits per heavy atom. The van der Waals surface area contributed by atoms with Crippen molar-refractivity contribution < 1.29 is 46.3 Å². The van der Waals surface area contributed by atoms with Gasteiger partial charge in [0, 0.05) is 29.4 Å². The van der Waals surface area contributed by atoms with Crippen molar-refractivity contribution in [3.63, 3.8) is 0 Å². The van der Waals surface area contributed by atoms with E-state index in [0.717, 1.165) is 18.2 Å². The van der Waals surface area contributed by atoms with Gasteiger partial charge in [-0.15, -0.1) is 0 Å². The molecule has 5 aromatic rings. The van der Waals surface area contributed by atoms with Gasteiger partial charge >= 0.3 is 24.3 Å². The average molecular weight is 707 g/mol. The minimum atomic E-state index is -4.47. The second-order valence-corrected chi connectivity index (χ2v) is 12.1. The molecular formula is C35H30F4N6O6. The summed E-state index contributed by atoms with van der Waals surface area (Å²) in [6.07, 6.45) is -4.02. The number of carboxylic acids is 1. The highest BCUT2D eigenvalue weighted by atomic mass is 19.4. The maximum absolute atomic E-state index is 15.2. The first-order chi connectivity index (χ1) is 24.0. The molecule has 12 nitrogen and oxygen atoms in total. The number of anilines is 2. The molecule has 0 aliphatic rings. The van der Waals surface area contributed by atoms with Gasteiger partial charge in [-0.3, -0.25) is 10.6 Å². The highest BCUT2D eigenvalue weighted by Gasteiger charge is 2.30. The van der Waals surface area contributed by atoms with E-state index in [0.29, 0.717) is 22.4 Å². The van der Waals surface area contributed by atoms with Crippen LogP contribution in [0.1, 0.15) is 31.9 Å². The molecule has 0 saturated heterocycles. The van der Waals surface area contributed by atoms with Crippen LogP contribution in [0.2, 0.25) is 0 Å². The van der Waals surface area contributed by atoms with Crippen molar-refractivity contribution in [2.45, 2.75) is 45.0 Å². The summed E-state index contributed by atoms with van der Waals surface area (Å²) in [6.45, 7) is 5.23. The molecular weight excluding hydrogens is 676 g/mol. The number of carbonyl (C=O) groups excluding carboxylic acids is 2. The summed E-state index contributed by atoms with van der Waals surface area (Å²) < 4.78 is 64.2. The molecule has 1 unspecified atom stereocenters. The van der Waals surface area contributed by atoms with Crippen LogP contribution in [-0.4, -0.2) is 50.0 Å². The van der Waals surface area contributed by atoms with Crippen molar-refractivity contribution in [1.82, 2.24) is 20.4 Å². The fourth-order valence-corrected chi connectivity index (χ4v) is 4.67. The van der Waals surface area contributed by atoms with Crippen molar-refractivity contribution in [2.75, 3.05) is 10.6 Å². The molecule has 3 amide bonds. The van der Waals surface area contributed by atoms with Crippen LogP contribution >= 0.6 is 0 Å². The number of ether oxygens (including phenoxy) is 1. The van der Waals surface area contributed by atoms with E-state index in [2.05, 4.69) is 31.1 Å². The summed E-state index contributed by atoms with van der Waals surface area (Å²) in [7, 11) is 0. The maximum Gasteiger partial charge on any atom is 0.416 e. The van der Waals surface area contributed by atoms with Crippen LogP contribution in [0.25, 0.3) is 34.0 Å². The zero-order chi connectivity index (χ0) is 36.9. The van der Waals surface area contributed by atoms with Crippen molar-refractivity contribution in [2.24, 2.45) is 0 Å². The second-order valence-electron chi connectivity index (χ2n) is 12.1. The summed E-state index contributed by atoms with van der Waals surface area (Å²) in [6, 6.07) is 15.4. The predicted molar refractivity (Wildman–Crippen MR) is 177 cm³/mol. The lowest BCUT2D eigenvalue weighted by Crippen LogP contribution is -2.44. The van der Waals surface area contributed by atoms with Crippen molar-refractivity contribution in [3.8, 4) is 34.0 Å². The van der Waals surface area contributed by atoms with Crippen molar-refractivity contribution in [3.05, 3.63) is 102 Å². The van der Waals surface area contributed by atoms with E-state index in [9.17, 15) is 32.7 Å². The SMILES string of the molecule is CC(C)(C)OC(=O)Nc1ccc(-c2nc(-c3ccc(CC(NC(=O)Nc4ccc(-c5ccc(C(F)(F)F)cc5)cn4)C(=O)O)cc3F)no2)cc1. The Balaban J connectivity index is 1.18. The third kappa shape index (κ3) is 9.65. The minimum absolute atomic E-state index is 0.0136. The first-order valence-electron chi connectivity index (χ1n) is 15.2. The summed E-state index contributed by atoms with van der Waals surface area (Å²) >= 11 is 0. The largest absolute Gasteiger partial charge is 0.480 e. The van der Waals surface area contributed by atoms with Crippen molar-refractivity contribution in [1.29, 1.82) is 0 Å². The van der Waals surface area contributed by atoms with Crippen LogP contribution in [-0.2, 0) is 22.1 Å². The lowest BCUT2D eigenvalue weighted by molar-refractivity contribution is -0.139. The number of alkyl halides is 3. The molecule has 3 aromatic carbocycles. The molecule has 5 rings (SSSR count). The number of pyridine rings is 1. The molecule has 0 fully saturated rings. The van der Waals surface area contributed by atoms with E-state index < -0.39 is 47.3 Å². The second kappa shape index (κ2) is 14.7. The van der Waals surface area contributed by atoms with Crippen LogP contribution in [0, 0.1) is 5.82 Å². The molecule has 51 heavy (non-hydrogen) atoms. The van der Waals surface area contributed by atoms with Crippen LogP contribution in [0.4, 0.5) is 38.7 Å². The standard InChI is InChI=1S/C35H30F4N6O6/c1-34(2,3)50-33(49)41-24-12-7-21(8-13-24)30-44-29(45-51-30)25-14-4-19(16-26(25)36)17-27(31(46)47)42-32(48)43-28-15-9-22(18-40-28)20-5-10-23(11-6-20)35(37,38)39/h4-16,18,27H,17H2,1-3H3,(H,41,49)(H,46,47)(H2,40,42,43,48). The molecule has 1 atom stereocenters. The summed E-state index contributed by atoms with van der Waals surface area (Å²) in [5.74, 6) is -2.06. The van der Waals surface area contributed by atoms with Gasteiger partial charge in [-0.05, 0) is 92.6 Å². The number of aliphatic carboxylic acids is 1. The molecule has 16 heteroatoms. The normalized spacial score (nSPS) is 12.1. The molecule has 2 heterocycles. The van der Waals surface area contributed by atoms with Gasteiger partial charge in [0.25, 0.3) is 5.89 Å². The monoisotopic (exact) mass is 706 g/mol. The smallest absolute Gasteiger partial charge is 0.416 e. The summed E-state index contributed by atoms with van der Waals surface area (Å²) in [5, 5.41) is 20.9. The number of benzene rings is 3. The van der Waals surface area contributed by atoms with E-state index in [1.165, 1.54) is 42.6 Å². The quantitative estimate of drug-likeness (QED) is 0.112. The Bertz CT molecular complexity index is 2030. The molecule has 0 aliphatic carbocycles. The fraction of sp³-hybridized carbons (Fsp3) is 0.200. The molecule has 0 bridgehead atoms.